The van der Waals surface area contributed by atoms with Crippen LogP contribution in [0.5, 0.6) is 0 Å². The van der Waals surface area contributed by atoms with Crippen LogP contribution in [0.25, 0.3) is 16.6 Å². The Morgan fingerprint density at radius 3 is 2.26 bits per heavy atom. The molecule has 5 heterocycles. The largest absolute Gasteiger partial charge is 0.371 e. The number of hydrogen-bond donors (Lipinski definition) is 1. The van der Waals surface area contributed by atoms with E-state index in [1.165, 1.54) is 29.8 Å². The van der Waals surface area contributed by atoms with E-state index in [1.54, 1.807) is 0 Å². The Kier molecular flexibility index (Phi) is 8.88. The Morgan fingerprint density at radius 2 is 1.55 bits per heavy atom. The molecule has 1 spiro atoms. The maximum atomic E-state index is 15.2. The van der Waals surface area contributed by atoms with Crippen LogP contribution in [-0.4, -0.2) is 72.1 Å². The van der Waals surface area contributed by atoms with E-state index in [0.29, 0.717) is 30.1 Å². The van der Waals surface area contributed by atoms with Gasteiger partial charge in [-0.05, 0) is 95.9 Å². The van der Waals surface area contributed by atoms with E-state index in [1.807, 2.05) is 23.1 Å². The predicted molar refractivity (Wildman–Crippen MR) is 204 cm³/mol. The third-order valence-corrected chi connectivity index (χ3v) is 13.3. The molecule has 2 amide bonds. The van der Waals surface area contributed by atoms with Crippen LogP contribution < -0.4 is 20.7 Å². The van der Waals surface area contributed by atoms with Crippen molar-refractivity contribution < 1.29 is 18.4 Å². The number of carbonyl (C=O) groups is 2. The van der Waals surface area contributed by atoms with Crippen LogP contribution in [0, 0.1) is 17.6 Å². The highest BCUT2D eigenvalue weighted by Gasteiger charge is 2.46. The molecule has 0 bridgehead atoms. The van der Waals surface area contributed by atoms with Gasteiger partial charge in [-0.25, -0.2) is 8.78 Å². The van der Waals surface area contributed by atoms with Crippen molar-refractivity contribution in [1.29, 1.82) is 0 Å². The number of nitrogens with one attached hydrogen (secondary N) is 1. The smallest absolute Gasteiger partial charge is 0.281 e. The highest BCUT2D eigenvalue weighted by molar-refractivity contribution is 9.10. The summed E-state index contributed by atoms with van der Waals surface area (Å²) in [6, 6.07) is 15.5. The van der Waals surface area contributed by atoms with Crippen molar-refractivity contribution in [3.8, 4) is 5.69 Å². The molecule has 9 rings (SSSR count). The summed E-state index contributed by atoms with van der Waals surface area (Å²) in [5.74, 6) is -2.06. The molecule has 1 aromatic heterocycles. The molecule has 1 saturated carbocycles. The van der Waals surface area contributed by atoms with Gasteiger partial charge in [-0.3, -0.25) is 29.2 Å². The standard InChI is InChI=1S/C41H43BrF2N6O3/c42-30-5-4-6-33-37(30)39(53)46-40-41(13-2-1-3-14-41)29-9-7-26(23-34(29)50(33)40)48-15-11-25(12-16-48)24-47-17-19-49(20-18-47)27-21-31(43)36(32(44)22-27)28-8-10-35(51)45-38(28)52/h4-7,9,21-23,25,28H,1-3,8,10-20,24H2,(H,45,51,52). The van der Waals surface area contributed by atoms with Gasteiger partial charge in [0.05, 0.1) is 27.9 Å². The number of piperidine rings is 2. The summed E-state index contributed by atoms with van der Waals surface area (Å²) in [4.78, 5) is 49.0. The normalized spacial score (nSPS) is 22.0. The SMILES string of the molecule is O=C1CCC(c2c(F)cc(N3CCN(CC4CCN(c5ccc6c(c5)-n5c(nc(=O)c7c(Br)cccc75)C65CCCCC5)CC4)CC3)cc2F)C(=O)N1. The number of fused-ring (bicyclic) bond motifs is 7. The lowest BCUT2D eigenvalue weighted by Gasteiger charge is -2.40. The number of nitrogens with zero attached hydrogens (tertiary/aromatic N) is 5. The zero-order valence-corrected chi connectivity index (χ0v) is 31.3. The van der Waals surface area contributed by atoms with Crippen molar-refractivity contribution in [2.45, 2.75) is 69.1 Å². The first-order valence-corrected chi connectivity index (χ1v) is 19.9. The molecule has 12 heteroatoms. The Labute approximate surface area is 315 Å². The molecule has 1 atom stereocenters. The summed E-state index contributed by atoms with van der Waals surface area (Å²) in [5.41, 5.74) is 4.41. The van der Waals surface area contributed by atoms with Crippen molar-refractivity contribution in [3.05, 3.63) is 91.9 Å². The second kappa shape index (κ2) is 13.6. The highest BCUT2D eigenvalue weighted by Crippen LogP contribution is 2.52. The van der Waals surface area contributed by atoms with Crippen molar-refractivity contribution in [3.63, 3.8) is 0 Å². The van der Waals surface area contributed by atoms with Crippen molar-refractivity contribution >= 4 is 50.0 Å². The van der Waals surface area contributed by atoms with Gasteiger partial charge < -0.3 is 9.80 Å². The number of aromatic nitrogens is 2. The molecule has 276 valence electrons. The van der Waals surface area contributed by atoms with E-state index in [-0.39, 0.29) is 29.4 Å². The average molecular weight is 786 g/mol. The molecule has 0 radical (unpaired) electrons. The van der Waals surface area contributed by atoms with Gasteiger partial charge in [-0.1, -0.05) is 31.4 Å². The van der Waals surface area contributed by atoms with Gasteiger partial charge in [0.1, 0.15) is 17.5 Å². The summed E-state index contributed by atoms with van der Waals surface area (Å²) in [5, 5.41) is 2.83. The van der Waals surface area contributed by atoms with Gasteiger partial charge in [0.2, 0.25) is 11.8 Å². The van der Waals surface area contributed by atoms with Gasteiger partial charge >= 0.3 is 0 Å². The first kappa shape index (κ1) is 34.6. The zero-order valence-electron chi connectivity index (χ0n) is 29.7. The van der Waals surface area contributed by atoms with E-state index in [0.717, 1.165) is 92.7 Å². The molecule has 4 aliphatic heterocycles. The Hall–Kier alpha value is -4.16. The fraction of sp³-hybridized carbons (Fsp3) is 0.463. The number of piperazine rings is 1. The third-order valence-electron chi connectivity index (χ3n) is 12.6. The fourth-order valence-electron chi connectivity index (χ4n) is 9.85. The van der Waals surface area contributed by atoms with Crippen LogP contribution in [-0.2, 0) is 15.0 Å². The number of hydrogen-bond acceptors (Lipinski definition) is 7. The first-order chi connectivity index (χ1) is 25.7. The molecule has 9 nitrogen and oxygen atoms in total. The van der Waals surface area contributed by atoms with Crippen LogP contribution in [0.2, 0.25) is 0 Å². The molecular formula is C41H43BrF2N6O3. The fourth-order valence-corrected chi connectivity index (χ4v) is 10.4. The van der Waals surface area contributed by atoms with Gasteiger partial charge in [-0.15, -0.1) is 0 Å². The minimum absolute atomic E-state index is 0.0693. The van der Waals surface area contributed by atoms with Gasteiger partial charge in [0, 0.05) is 73.6 Å². The molecule has 1 unspecified atom stereocenters. The average Bonchev–Trinajstić information content (AvgIpc) is 3.40. The van der Waals surface area contributed by atoms with Gasteiger partial charge in [0.25, 0.3) is 5.56 Å². The first-order valence-electron chi connectivity index (χ1n) is 19.1. The highest BCUT2D eigenvalue weighted by atomic mass is 79.9. The Balaban J connectivity index is 0.858. The predicted octanol–water partition coefficient (Wildman–Crippen LogP) is 6.55. The molecular weight excluding hydrogens is 742 g/mol. The van der Waals surface area contributed by atoms with E-state index in [9.17, 15) is 14.4 Å². The lowest BCUT2D eigenvalue weighted by atomic mass is 9.70. The number of halogens is 3. The summed E-state index contributed by atoms with van der Waals surface area (Å²) in [6.45, 7) is 5.88. The van der Waals surface area contributed by atoms with Gasteiger partial charge in [-0.2, -0.15) is 4.98 Å². The maximum Gasteiger partial charge on any atom is 0.281 e. The van der Waals surface area contributed by atoms with Crippen LogP contribution in [0.3, 0.4) is 0 Å². The number of rotatable bonds is 5. The summed E-state index contributed by atoms with van der Waals surface area (Å²) < 4.78 is 33.5. The van der Waals surface area contributed by atoms with Gasteiger partial charge in [0.15, 0.2) is 0 Å². The summed E-state index contributed by atoms with van der Waals surface area (Å²) >= 11 is 3.62. The van der Waals surface area contributed by atoms with E-state index in [4.69, 9.17) is 4.98 Å². The quantitative estimate of drug-likeness (QED) is 0.230. The van der Waals surface area contributed by atoms with Crippen LogP contribution >= 0.6 is 15.9 Å². The molecule has 1 aliphatic carbocycles. The second-order valence-corrected chi connectivity index (χ2v) is 16.5. The molecule has 53 heavy (non-hydrogen) atoms. The van der Waals surface area contributed by atoms with Crippen molar-refractivity contribution in [1.82, 2.24) is 19.8 Å². The lowest BCUT2D eigenvalue weighted by molar-refractivity contribution is -0.134. The number of anilines is 2. The number of carbonyl (C=O) groups excluding carboxylic acids is 2. The number of amides is 2. The van der Waals surface area contributed by atoms with Crippen LogP contribution in [0.4, 0.5) is 20.2 Å². The zero-order chi connectivity index (χ0) is 36.4. The summed E-state index contributed by atoms with van der Waals surface area (Å²) in [7, 11) is 0. The summed E-state index contributed by atoms with van der Waals surface area (Å²) in [6.07, 6.45) is 7.84. The Morgan fingerprint density at radius 1 is 0.830 bits per heavy atom. The van der Waals surface area contributed by atoms with E-state index < -0.39 is 29.4 Å². The third kappa shape index (κ3) is 5.96. The van der Waals surface area contributed by atoms with E-state index in [2.05, 4.69) is 53.8 Å². The van der Waals surface area contributed by atoms with Crippen molar-refractivity contribution in [2.24, 2.45) is 5.92 Å². The van der Waals surface area contributed by atoms with Crippen LogP contribution in [0.15, 0.2) is 57.8 Å². The minimum Gasteiger partial charge on any atom is -0.371 e. The molecule has 3 saturated heterocycles. The van der Waals surface area contributed by atoms with E-state index >= 15 is 8.78 Å². The lowest BCUT2D eigenvalue weighted by Crippen LogP contribution is -2.49. The molecule has 5 aliphatic rings. The van der Waals surface area contributed by atoms with Crippen LogP contribution in [0.1, 0.15) is 80.7 Å². The second-order valence-electron chi connectivity index (χ2n) is 15.6. The monoisotopic (exact) mass is 784 g/mol. The minimum atomic E-state index is -0.995. The molecule has 1 N–H and O–H groups in total. The van der Waals surface area contributed by atoms with Crippen molar-refractivity contribution in [2.75, 3.05) is 55.6 Å². The number of benzene rings is 3. The number of imide groups is 1. The molecule has 4 fully saturated rings. The Bertz CT molecular complexity index is 2160. The topological polar surface area (TPSA) is 90.8 Å². The maximum absolute atomic E-state index is 15.2. The molecule has 3 aromatic carbocycles. The molecule has 4 aromatic rings.